The van der Waals surface area contributed by atoms with Gasteiger partial charge in [-0.3, -0.25) is 4.90 Å². The van der Waals surface area contributed by atoms with Crippen LogP contribution in [0.15, 0.2) is 0 Å². The van der Waals surface area contributed by atoms with Gasteiger partial charge >= 0.3 is 6.18 Å². The van der Waals surface area contributed by atoms with Crippen LogP contribution < -0.4 is 0 Å². The quantitative estimate of drug-likeness (QED) is 0.771. The third-order valence-electron chi connectivity index (χ3n) is 5.59. The summed E-state index contributed by atoms with van der Waals surface area (Å²) in [4.78, 5) is 1.91. The fourth-order valence-electron chi connectivity index (χ4n) is 3.90. The van der Waals surface area contributed by atoms with Crippen molar-refractivity contribution in [3.63, 3.8) is 0 Å². The number of rotatable bonds is 5. The zero-order valence-electron chi connectivity index (χ0n) is 13.4. The Morgan fingerprint density at radius 1 is 1.23 bits per heavy atom. The molecule has 0 spiro atoms. The lowest BCUT2D eigenvalue weighted by molar-refractivity contribution is -0.322. The lowest BCUT2D eigenvalue weighted by Crippen LogP contribution is -2.72. The van der Waals surface area contributed by atoms with E-state index in [4.69, 9.17) is 10.00 Å². The highest BCUT2D eigenvalue weighted by Crippen LogP contribution is 2.47. The molecule has 1 heterocycles. The molecule has 2 aliphatic rings. The molecule has 1 saturated carbocycles. The van der Waals surface area contributed by atoms with Gasteiger partial charge < -0.3 is 4.74 Å². The SMILES string of the molecule is CCOC1(C(F)(F)F)CN([C@H]2CC[C@@](CC)(CC#N)CC2)C1. The van der Waals surface area contributed by atoms with Crippen LogP contribution in [-0.2, 0) is 4.74 Å². The molecule has 0 radical (unpaired) electrons. The van der Waals surface area contributed by atoms with Crippen LogP contribution in [-0.4, -0.2) is 42.4 Å². The van der Waals surface area contributed by atoms with Crippen molar-refractivity contribution in [2.24, 2.45) is 5.41 Å². The van der Waals surface area contributed by atoms with Crippen molar-refractivity contribution < 1.29 is 17.9 Å². The monoisotopic (exact) mass is 318 g/mol. The van der Waals surface area contributed by atoms with E-state index in [1.807, 2.05) is 4.90 Å². The van der Waals surface area contributed by atoms with Crippen LogP contribution in [0.1, 0.15) is 52.4 Å². The van der Waals surface area contributed by atoms with Gasteiger partial charge in [0.2, 0.25) is 0 Å². The molecule has 2 rings (SSSR count). The summed E-state index contributed by atoms with van der Waals surface area (Å²) < 4.78 is 44.6. The predicted octanol–water partition coefficient (Wildman–Crippen LogP) is 3.89. The molecule has 0 aromatic carbocycles. The molecule has 2 fully saturated rings. The van der Waals surface area contributed by atoms with Crippen molar-refractivity contribution in [3.8, 4) is 6.07 Å². The lowest BCUT2D eigenvalue weighted by atomic mass is 9.68. The molecule has 6 heteroatoms. The molecule has 0 N–H and O–H groups in total. The first-order valence-corrected chi connectivity index (χ1v) is 8.13. The van der Waals surface area contributed by atoms with Gasteiger partial charge in [-0.2, -0.15) is 18.4 Å². The number of likely N-dealkylation sites (tertiary alicyclic amines) is 1. The first kappa shape index (κ1) is 17.6. The molecular weight excluding hydrogens is 293 g/mol. The molecule has 0 aromatic rings. The van der Waals surface area contributed by atoms with Gasteiger partial charge in [-0.15, -0.1) is 0 Å². The number of ether oxygens (including phenoxy) is 1. The summed E-state index contributed by atoms with van der Waals surface area (Å²) in [5, 5.41) is 8.96. The second kappa shape index (κ2) is 6.37. The van der Waals surface area contributed by atoms with E-state index in [-0.39, 0.29) is 31.2 Å². The molecule has 1 aliphatic heterocycles. The molecule has 3 nitrogen and oxygen atoms in total. The van der Waals surface area contributed by atoms with E-state index in [1.54, 1.807) is 6.92 Å². The van der Waals surface area contributed by atoms with Crippen molar-refractivity contribution in [3.05, 3.63) is 0 Å². The predicted molar refractivity (Wildman–Crippen MR) is 77.2 cm³/mol. The zero-order valence-corrected chi connectivity index (χ0v) is 13.4. The van der Waals surface area contributed by atoms with Gasteiger partial charge in [0.25, 0.3) is 0 Å². The van der Waals surface area contributed by atoms with Crippen LogP contribution in [0.4, 0.5) is 13.2 Å². The standard InChI is InChI=1S/C16H25F3N2O/c1-3-14(9-10-20)7-5-13(6-8-14)21-11-15(12-21,22-4-2)16(17,18)19/h13H,3-9,11-12H2,1-2H3/t13-,14+. The van der Waals surface area contributed by atoms with Crippen LogP contribution in [0.5, 0.6) is 0 Å². The second-order valence-electron chi connectivity index (χ2n) is 6.75. The minimum atomic E-state index is -4.30. The van der Waals surface area contributed by atoms with Gasteiger partial charge in [-0.05, 0) is 44.4 Å². The van der Waals surface area contributed by atoms with Gasteiger partial charge in [-0.1, -0.05) is 6.92 Å². The molecular formula is C16H25F3N2O. The van der Waals surface area contributed by atoms with Crippen molar-refractivity contribution >= 4 is 0 Å². The lowest BCUT2D eigenvalue weighted by Gasteiger charge is -2.54. The highest BCUT2D eigenvalue weighted by atomic mass is 19.4. The third-order valence-corrected chi connectivity index (χ3v) is 5.59. The topological polar surface area (TPSA) is 36.3 Å². The summed E-state index contributed by atoms with van der Waals surface area (Å²) >= 11 is 0. The maximum atomic E-state index is 13.2. The van der Waals surface area contributed by atoms with E-state index in [2.05, 4.69) is 13.0 Å². The molecule has 0 aromatic heterocycles. The Morgan fingerprint density at radius 2 is 1.82 bits per heavy atom. The first-order chi connectivity index (χ1) is 10.3. The third kappa shape index (κ3) is 3.11. The Morgan fingerprint density at radius 3 is 2.23 bits per heavy atom. The van der Waals surface area contributed by atoms with E-state index in [0.29, 0.717) is 6.42 Å². The normalized spacial score (nSPS) is 32.3. The van der Waals surface area contributed by atoms with Crippen LogP contribution in [0, 0.1) is 16.7 Å². The van der Waals surface area contributed by atoms with Gasteiger partial charge in [-0.25, -0.2) is 0 Å². The summed E-state index contributed by atoms with van der Waals surface area (Å²) in [7, 11) is 0. The van der Waals surface area contributed by atoms with E-state index in [0.717, 1.165) is 32.1 Å². The number of nitriles is 1. The minimum absolute atomic E-state index is 0.0492. The number of hydrogen-bond donors (Lipinski definition) is 0. The molecule has 1 aliphatic carbocycles. The van der Waals surface area contributed by atoms with Gasteiger partial charge in [0.05, 0.1) is 6.07 Å². The Labute approximate surface area is 130 Å². The molecule has 126 valence electrons. The molecule has 1 saturated heterocycles. The summed E-state index contributed by atoms with van der Waals surface area (Å²) in [5.41, 5.74) is -1.88. The zero-order chi connectivity index (χ0) is 16.4. The molecule has 0 amide bonds. The number of alkyl halides is 3. The van der Waals surface area contributed by atoms with E-state index >= 15 is 0 Å². The van der Waals surface area contributed by atoms with Crippen molar-refractivity contribution in [1.82, 2.24) is 4.90 Å². The largest absolute Gasteiger partial charge is 0.419 e. The van der Waals surface area contributed by atoms with Gasteiger partial charge in [0, 0.05) is 32.2 Å². The van der Waals surface area contributed by atoms with E-state index in [1.165, 1.54) is 0 Å². The van der Waals surface area contributed by atoms with Crippen LogP contribution >= 0.6 is 0 Å². The maximum absolute atomic E-state index is 13.2. The summed E-state index contributed by atoms with van der Waals surface area (Å²) in [6, 6.07) is 2.47. The Kier molecular flexibility index (Phi) is 5.08. The summed E-state index contributed by atoms with van der Waals surface area (Å²) in [5.74, 6) is 0. The minimum Gasteiger partial charge on any atom is -0.363 e. The highest BCUT2D eigenvalue weighted by molar-refractivity contribution is 5.06. The molecule has 0 atom stereocenters. The smallest absolute Gasteiger partial charge is 0.363 e. The summed E-state index contributed by atoms with van der Waals surface area (Å²) in [6.07, 6.45) is 0.867. The van der Waals surface area contributed by atoms with Crippen molar-refractivity contribution in [2.45, 2.75) is 70.2 Å². The van der Waals surface area contributed by atoms with Gasteiger partial charge in [0.15, 0.2) is 5.60 Å². The molecule has 0 unspecified atom stereocenters. The van der Waals surface area contributed by atoms with E-state index < -0.39 is 11.8 Å². The Balaban J connectivity index is 1.91. The van der Waals surface area contributed by atoms with Crippen molar-refractivity contribution in [1.29, 1.82) is 5.26 Å². The highest BCUT2D eigenvalue weighted by Gasteiger charge is 2.63. The second-order valence-corrected chi connectivity index (χ2v) is 6.75. The van der Waals surface area contributed by atoms with Gasteiger partial charge in [0.1, 0.15) is 0 Å². The Bertz CT molecular complexity index is 416. The van der Waals surface area contributed by atoms with Crippen LogP contribution in [0.3, 0.4) is 0 Å². The van der Waals surface area contributed by atoms with Crippen LogP contribution in [0.25, 0.3) is 0 Å². The number of nitrogens with zero attached hydrogens (tertiary/aromatic N) is 2. The molecule has 0 bridgehead atoms. The Hall–Kier alpha value is -0.800. The fourth-order valence-corrected chi connectivity index (χ4v) is 3.90. The maximum Gasteiger partial charge on any atom is 0.419 e. The molecule has 22 heavy (non-hydrogen) atoms. The van der Waals surface area contributed by atoms with Crippen molar-refractivity contribution in [2.75, 3.05) is 19.7 Å². The number of hydrogen-bond acceptors (Lipinski definition) is 3. The fraction of sp³-hybridized carbons (Fsp3) is 0.938. The number of halogens is 3. The van der Waals surface area contributed by atoms with Crippen LogP contribution in [0.2, 0.25) is 0 Å². The average molecular weight is 318 g/mol. The average Bonchev–Trinajstić information content (AvgIpc) is 2.42. The van der Waals surface area contributed by atoms with E-state index in [9.17, 15) is 13.2 Å². The first-order valence-electron chi connectivity index (χ1n) is 8.13. The summed E-state index contributed by atoms with van der Waals surface area (Å²) in [6.45, 7) is 3.69.